The Morgan fingerprint density at radius 2 is 1.73 bits per heavy atom. The third-order valence-electron chi connectivity index (χ3n) is 5.13. The van der Waals surface area contributed by atoms with Gasteiger partial charge in [0.05, 0.1) is 18.2 Å². The summed E-state index contributed by atoms with van der Waals surface area (Å²) in [5.74, 6) is -1.88. The highest BCUT2D eigenvalue weighted by Crippen LogP contribution is 2.29. The summed E-state index contributed by atoms with van der Waals surface area (Å²) in [4.78, 5) is 36.1. The van der Waals surface area contributed by atoms with Crippen molar-refractivity contribution in [3.8, 4) is 11.4 Å². The summed E-state index contributed by atoms with van der Waals surface area (Å²) in [5, 5.41) is 3.34. The number of halogens is 3. The van der Waals surface area contributed by atoms with Gasteiger partial charge in [0, 0.05) is 37.9 Å². The quantitative estimate of drug-likeness (QED) is 0.547. The fraction of sp³-hybridized carbons (Fsp3) is 0.286. The van der Waals surface area contributed by atoms with Crippen LogP contribution in [-0.4, -0.2) is 65.2 Å². The van der Waals surface area contributed by atoms with Crippen LogP contribution >= 0.6 is 0 Å². The second kappa shape index (κ2) is 8.88. The number of hydrogen-bond donors (Lipinski definition) is 0. The molecule has 9 nitrogen and oxygen atoms in total. The minimum Gasteiger partial charge on any atom is -0.465 e. The summed E-state index contributed by atoms with van der Waals surface area (Å²) in [6.45, 7) is 1.77. The monoisotopic (exact) mass is 461 g/mol. The zero-order valence-electron chi connectivity index (χ0n) is 17.4. The predicted molar refractivity (Wildman–Crippen MR) is 108 cm³/mol. The summed E-state index contributed by atoms with van der Waals surface area (Å²) in [6.07, 6.45) is -3.35. The van der Waals surface area contributed by atoms with Crippen LogP contribution in [0.1, 0.15) is 26.6 Å². The molecule has 1 amide bonds. The van der Waals surface area contributed by atoms with Crippen LogP contribution in [0.2, 0.25) is 0 Å². The number of aromatic nitrogens is 3. The van der Waals surface area contributed by atoms with Gasteiger partial charge in [-0.1, -0.05) is 17.3 Å². The fourth-order valence-electron chi connectivity index (χ4n) is 3.43. The van der Waals surface area contributed by atoms with Crippen molar-refractivity contribution in [2.75, 3.05) is 38.2 Å². The molecule has 0 N–H and O–H groups in total. The van der Waals surface area contributed by atoms with E-state index in [0.717, 1.165) is 0 Å². The maximum Gasteiger partial charge on any atom is 0.471 e. The minimum atomic E-state index is -4.72. The molecule has 0 saturated carbocycles. The number of pyridine rings is 1. The van der Waals surface area contributed by atoms with E-state index in [1.54, 1.807) is 41.3 Å². The van der Waals surface area contributed by atoms with Gasteiger partial charge in [-0.05, 0) is 24.3 Å². The van der Waals surface area contributed by atoms with E-state index in [2.05, 4.69) is 19.6 Å². The lowest BCUT2D eigenvalue weighted by Crippen LogP contribution is -2.49. The highest BCUT2D eigenvalue weighted by atomic mass is 19.4. The fourth-order valence-corrected chi connectivity index (χ4v) is 3.43. The van der Waals surface area contributed by atoms with E-state index in [4.69, 9.17) is 4.74 Å². The van der Waals surface area contributed by atoms with Gasteiger partial charge in [-0.25, -0.2) is 9.78 Å². The van der Waals surface area contributed by atoms with Crippen molar-refractivity contribution < 1.29 is 32.0 Å². The number of ether oxygens (including phenoxy) is 1. The Hall–Kier alpha value is -3.96. The number of amides is 1. The number of anilines is 1. The molecule has 1 aromatic carbocycles. The number of nitrogens with zero attached hydrogens (tertiary/aromatic N) is 5. The number of hydrogen-bond acceptors (Lipinski definition) is 8. The zero-order chi connectivity index (χ0) is 23.6. The molecule has 0 atom stereocenters. The Balaban J connectivity index is 1.41. The second-order valence-corrected chi connectivity index (χ2v) is 7.14. The molecule has 1 saturated heterocycles. The summed E-state index contributed by atoms with van der Waals surface area (Å²) in [6, 6.07) is 9.67. The average molecular weight is 461 g/mol. The molecule has 33 heavy (non-hydrogen) atoms. The van der Waals surface area contributed by atoms with Crippen LogP contribution in [0.25, 0.3) is 11.4 Å². The highest BCUT2D eigenvalue weighted by Gasteiger charge is 2.38. The Morgan fingerprint density at radius 1 is 1.03 bits per heavy atom. The Bertz CT molecular complexity index is 1160. The maximum atomic E-state index is 12.9. The molecule has 3 aromatic rings. The van der Waals surface area contributed by atoms with Gasteiger partial charge in [-0.2, -0.15) is 18.2 Å². The smallest absolute Gasteiger partial charge is 0.465 e. The molecule has 0 spiro atoms. The summed E-state index contributed by atoms with van der Waals surface area (Å²) < 4.78 is 46.9. The largest absolute Gasteiger partial charge is 0.471 e. The normalized spacial score (nSPS) is 14.3. The van der Waals surface area contributed by atoms with Crippen LogP contribution in [0.5, 0.6) is 0 Å². The molecular weight excluding hydrogens is 443 g/mol. The van der Waals surface area contributed by atoms with Gasteiger partial charge in [-0.3, -0.25) is 4.79 Å². The van der Waals surface area contributed by atoms with Gasteiger partial charge in [0.1, 0.15) is 5.82 Å². The standard InChI is InChI=1S/C21H18F3N5O4/c1-32-19(31)15-5-3-2-4-14(15)18(30)29-10-8-28(9-11-29)16-7-6-13(12-25-16)17-26-20(33-27-17)21(22,23)24/h2-7,12H,8-11H2,1H3. The molecule has 2 aromatic heterocycles. The van der Waals surface area contributed by atoms with Crippen LogP contribution < -0.4 is 4.90 Å². The number of rotatable bonds is 4. The highest BCUT2D eigenvalue weighted by molar-refractivity contribution is 6.05. The van der Waals surface area contributed by atoms with E-state index in [9.17, 15) is 22.8 Å². The van der Waals surface area contributed by atoms with Gasteiger partial charge in [0.15, 0.2) is 0 Å². The number of methoxy groups -OCH3 is 1. The first-order valence-corrected chi connectivity index (χ1v) is 9.87. The van der Waals surface area contributed by atoms with Crippen molar-refractivity contribution in [3.05, 3.63) is 59.6 Å². The number of piperazine rings is 1. The van der Waals surface area contributed by atoms with Gasteiger partial charge in [0.2, 0.25) is 5.82 Å². The first-order chi connectivity index (χ1) is 15.8. The van der Waals surface area contributed by atoms with Crippen LogP contribution in [0.15, 0.2) is 47.1 Å². The lowest BCUT2D eigenvalue weighted by atomic mass is 10.1. The molecular formula is C21H18F3N5O4. The van der Waals surface area contributed by atoms with Gasteiger partial charge in [0.25, 0.3) is 5.91 Å². The lowest BCUT2D eigenvalue weighted by Gasteiger charge is -2.35. The first-order valence-electron chi connectivity index (χ1n) is 9.87. The molecule has 1 aliphatic heterocycles. The lowest BCUT2D eigenvalue weighted by molar-refractivity contribution is -0.159. The topological polar surface area (TPSA) is 102 Å². The van der Waals surface area contributed by atoms with Crippen LogP contribution in [0.4, 0.5) is 19.0 Å². The maximum absolute atomic E-state index is 12.9. The van der Waals surface area contributed by atoms with E-state index in [-0.39, 0.29) is 28.4 Å². The van der Waals surface area contributed by atoms with Crippen molar-refractivity contribution in [1.82, 2.24) is 20.0 Å². The van der Waals surface area contributed by atoms with Gasteiger partial charge < -0.3 is 19.1 Å². The molecule has 0 aliphatic carbocycles. The predicted octanol–water partition coefficient (Wildman–Crippen LogP) is 2.90. The van der Waals surface area contributed by atoms with E-state index >= 15 is 0 Å². The molecule has 1 aliphatic rings. The third-order valence-corrected chi connectivity index (χ3v) is 5.13. The van der Waals surface area contributed by atoms with Gasteiger partial charge in [-0.15, -0.1) is 0 Å². The number of carbonyl (C=O) groups is 2. The second-order valence-electron chi connectivity index (χ2n) is 7.14. The zero-order valence-corrected chi connectivity index (χ0v) is 17.4. The summed E-state index contributed by atoms with van der Waals surface area (Å²) in [5.41, 5.74) is 0.768. The molecule has 4 rings (SSSR count). The molecule has 0 radical (unpaired) electrons. The van der Waals surface area contributed by atoms with Crippen molar-refractivity contribution in [2.24, 2.45) is 0 Å². The molecule has 0 bridgehead atoms. The third kappa shape index (κ3) is 4.64. The van der Waals surface area contributed by atoms with Gasteiger partial charge >= 0.3 is 18.0 Å². The summed E-state index contributed by atoms with van der Waals surface area (Å²) >= 11 is 0. The number of benzene rings is 1. The Kier molecular flexibility index (Phi) is 5.99. The van der Waals surface area contributed by atoms with E-state index < -0.39 is 18.0 Å². The van der Waals surface area contributed by atoms with Crippen molar-refractivity contribution in [1.29, 1.82) is 0 Å². The average Bonchev–Trinajstić information content (AvgIpc) is 3.34. The van der Waals surface area contributed by atoms with Crippen molar-refractivity contribution in [2.45, 2.75) is 6.18 Å². The van der Waals surface area contributed by atoms with Crippen molar-refractivity contribution in [3.63, 3.8) is 0 Å². The molecule has 0 unspecified atom stereocenters. The molecule has 3 heterocycles. The number of esters is 1. The van der Waals surface area contributed by atoms with Crippen LogP contribution in [0, 0.1) is 0 Å². The van der Waals surface area contributed by atoms with E-state index in [1.807, 2.05) is 4.90 Å². The Morgan fingerprint density at radius 3 is 2.30 bits per heavy atom. The molecule has 1 fully saturated rings. The Labute approximate surface area is 185 Å². The van der Waals surface area contributed by atoms with Crippen molar-refractivity contribution >= 4 is 17.7 Å². The minimum absolute atomic E-state index is 0.207. The first kappa shape index (κ1) is 22.2. The summed E-state index contributed by atoms with van der Waals surface area (Å²) in [7, 11) is 1.26. The van der Waals surface area contributed by atoms with E-state index in [1.165, 1.54) is 13.3 Å². The molecule has 12 heteroatoms. The number of carbonyl (C=O) groups excluding carboxylic acids is 2. The van der Waals surface area contributed by atoms with Crippen LogP contribution in [-0.2, 0) is 10.9 Å². The molecule has 172 valence electrons. The SMILES string of the molecule is COC(=O)c1ccccc1C(=O)N1CCN(c2ccc(-c3noc(C(F)(F)F)n3)cn2)CC1. The number of alkyl halides is 3. The van der Waals surface area contributed by atoms with E-state index in [0.29, 0.717) is 32.0 Å². The van der Waals surface area contributed by atoms with Crippen LogP contribution in [0.3, 0.4) is 0 Å².